The smallest absolute Gasteiger partial charge is 0.247 e. The second kappa shape index (κ2) is 9.57. The molecule has 3 aromatic heterocycles. The molecule has 3 heterocycles. The fourth-order valence-electron chi connectivity index (χ4n) is 3.42. The molecule has 0 radical (unpaired) electrons. The lowest BCUT2D eigenvalue weighted by molar-refractivity contribution is -0.127. The number of hydrogen-bond donors (Lipinski definition) is 0. The van der Waals surface area contributed by atoms with E-state index in [1.165, 1.54) is 9.75 Å². The Morgan fingerprint density at radius 3 is 2.37 bits per heavy atom. The van der Waals surface area contributed by atoms with Gasteiger partial charge in [0.25, 0.3) is 0 Å². The average Bonchev–Trinajstić information content (AvgIpc) is 3.52. The van der Waals surface area contributed by atoms with Crippen molar-refractivity contribution in [3.63, 3.8) is 0 Å². The number of nitriles is 1. The molecular weight excluding hydrogens is 410 g/mol. The van der Waals surface area contributed by atoms with Crippen molar-refractivity contribution in [2.75, 3.05) is 0 Å². The van der Waals surface area contributed by atoms with Crippen molar-refractivity contribution in [2.24, 2.45) is 0 Å². The highest BCUT2D eigenvalue weighted by Gasteiger charge is 2.14. The standard InChI is InChI=1S/C24H21N3OS2/c25-12-5-13-26-16-19(22-8-1-2-9-23(22)26)10-11-24(28)27(17-20-6-3-14-29-20)18-21-7-4-15-30-21/h1-4,6-11,14-16H,5,13,17-18H2/b11-10+. The Balaban J connectivity index is 1.58. The fourth-order valence-corrected chi connectivity index (χ4v) is 4.86. The minimum absolute atomic E-state index is 0.00865. The van der Waals surface area contributed by atoms with Gasteiger partial charge in [-0.1, -0.05) is 30.3 Å². The first-order valence-electron chi connectivity index (χ1n) is 9.71. The van der Waals surface area contributed by atoms with Crippen LogP contribution in [0.3, 0.4) is 0 Å². The molecule has 0 aliphatic carbocycles. The van der Waals surface area contributed by atoms with Gasteiger partial charge in [-0.3, -0.25) is 4.79 Å². The van der Waals surface area contributed by atoms with Crippen molar-refractivity contribution in [1.82, 2.24) is 9.47 Å². The molecule has 0 spiro atoms. The molecule has 0 bridgehead atoms. The summed E-state index contributed by atoms with van der Waals surface area (Å²) in [6.45, 7) is 1.84. The summed E-state index contributed by atoms with van der Waals surface area (Å²) in [6, 6.07) is 18.4. The van der Waals surface area contributed by atoms with E-state index in [2.05, 4.69) is 28.8 Å². The Kier molecular flexibility index (Phi) is 6.43. The first-order valence-corrected chi connectivity index (χ1v) is 11.5. The second-order valence-electron chi connectivity index (χ2n) is 6.89. The molecule has 4 rings (SSSR count). The number of aryl methyl sites for hydroxylation is 1. The largest absolute Gasteiger partial charge is 0.346 e. The van der Waals surface area contributed by atoms with Crippen LogP contribution in [-0.2, 0) is 24.4 Å². The monoisotopic (exact) mass is 431 g/mol. The van der Waals surface area contributed by atoms with E-state index in [1.54, 1.807) is 28.7 Å². The van der Waals surface area contributed by atoms with Gasteiger partial charge in [0.2, 0.25) is 5.91 Å². The van der Waals surface area contributed by atoms with Crippen LogP contribution in [0.4, 0.5) is 0 Å². The summed E-state index contributed by atoms with van der Waals surface area (Å²) in [4.78, 5) is 17.3. The van der Waals surface area contributed by atoms with Crippen LogP contribution in [0, 0.1) is 11.3 Å². The molecule has 0 N–H and O–H groups in total. The molecule has 0 unspecified atom stereocenters. The van der Waals surface area contributed by atoms with E-state index in [4.69, 9.17) is 5.26 Å². The Bertz CT molecular complexity index is 1140. The van der Waals surface area contributed by atoms with Crippen LogP contribution < -0.4 is 0 Å². The Morgan fingerprint density at radius 2 is 1.73 bits per heavy atom. The lowest BCUT2D eigenvalue weighted by atomic mass is 10.1. The molecule has 0 fully saturated rings. The lowest BCUT2D eigenvalue weighted by Gasteiger charge is -2.19. The fraction of sp³-hybridized carbons (Fsp3) is 0.167. The van der Waals surface area contributed by atoms with Crippen LogP contribution in [0.2, 0.25) is 0 Å². The van der Waals surface area contributed by atoms with Crippen molar-refractivity contribution >= 4 is 45.6 Å². The number of carbonyl (C=O) groups is 1. The minimum atomic E-state index is -0.00865. The van der Waals surface area contributed by atoms with Crippen LogP contribution in [0.1, 0.15) is 21.7 Å². The zero-order valence-corrected chi connectivity index (χ0v) is 18.0. The summed E-state index contributed by atoms with van der Waals surface area (Å²) >= 11 is 3.33. The van der Waals surface area contributed by atoms with Crippen molar-refractivity contribution in [2.45, 2.75) is 26.1 Å². The van der Waals surface area contributed by atoms with Gasteiger partial charge >= 0.3 is 0 Å². The number of carbonyl (C=O) groups excluding carboxylic acids is 1. The van der Waals surface area contributed by atoms with E-state index in [9.17, 15) is 4.79 Å². The van der Waals surface area contributed by atoms with Gasteiger partial charge in [-0.2, -0.15) is 5.26 Å². The molecule has 1 aromatic carbocycles. The molecule has 30 heavy (non-hydrogen) atoms. The number of thiophene rings is 2. The lowest BCUT2D eigenvalue weighted by Crippen LogP contribution is -2.27. The topological polar surface area (TPSA) is 49.0 Å². The molecule has 0 saturated carbocycles. The average molecular weight is 432 g/mol. The third-order valence-corrected chi connectivity index (χ3v) is 6.58. The third kappa shape index (κ3) is 4.70. The Labute approximate surface area is 183 Å². The number of benzene rings is 1. The van der Waals surface area contributed by atoms with Gasteiger partial charge in [0.15, 0.2) is 0 Å². The third-order valence-electron chi connectivity index (χ3n) is 4.85. The summed E-state index contributed by atoms with van der Waals surface area (Å²) in [5.41, 5.74) is 2.07. The van der Waals surface area contributed by atoms with Gasteiger partial charge in [0.05, 0.1) is 25.6 Å². The predicted octanol–water partition coefficient (Wildman–Crippen LogP) is 5.92. The maximum atomic E-state index is 13.1. The van der Waals surface area contributed by atoms with Crippen LogP contribution >= 0.6 is 22.7 Å². The Hall–Kier alpha value is -3.14. The van der Waals surface area contributed by atoms with Crippen molar-refractivity contribution in [1.29, 1.82) is 5.26 Å². The second-order valence-corrected chi connectivity index (χ2v) is 8.95. The number of nitrogens with zero attached hydrogens (tertiary/aromatic N) is 3. The van der Waals surface area contributed by atoms with Crippen LogP contribution in [0.25, 0.3) is 17.0 Å². The highest BCUT2D eigenvalue weighted by Crippen LogP contribution is 2.23. The van der Waals surface area contributed by atoms with Gasteiger partial charge in [0.1, 0.15) is 0 Å². The van der Waals surface area contributed by atoms with Crippen LogP contribution in [0.5, 0.6) is 0 Å². The molecule has 6 heteroatoms. The molecule has 1 amide bonds. The summed E-state index contributed by atoms with van der Waals surface area (Å²) in [6.07, 6.45) is 6.03. The molecule has 0 aliphatic rings. The quantitative estimate of drug-likeness (QED) is 0.325. The molecule has 4 aromatic rings. The summed E-state index contributed by atoms with van der Waals surface area (Å²) in [5.74, 6) is -0.00865. The van der Waals surface area contributed by atoms with E-state index < -0.39 is 0 Å². The molecule has 4 nitrogen and oxygen atoms in total. The zero-order chi connectivity index (χ0) is 20.8. The maximum Gasteiger partial charge on any atom is 0.247 e. The number of fused-ring (bicyclic) bond motifs is 1. The van der Waals surface area contributed by atoms with Gasteiger partial charge in [-0.25, -0.2) is 0 Å². The molecule has 0 aliphatic heterocycles. The molecule has 0 saturated heterocycles. The van der Waals surface area contributed by atoms with Gasteiger partial charge in [-0.15, -0.1) is 22.7 Å². The van der Waals surface area contributed by atoms with Crippen LogP contribution in [-0.4, -0.2) is 15.4 Å². The Morgan fingerprint density at radius 1 is 1.03 bits per heavy atom. The predicted molar refractivity (Wildman–Crippen MR) is 124 cm³/mol. The molecular formula is C24H21N3OS2. The van der Waals surface area contributed by atoms with Gasteiger partial charge in [0, 0.05) is 45.0 Å². The zero-order valence-electron chi connectivity index (χ0n) is 16.4. The highest BCUT2D eigenvalue weighted by atomic mass is 32.1. The van der Waals surface area contributed by atoms with E-state index in [0.29, 0.717) is 26.1 Å². The summed E-state index contributed by atoms with van der Waals surface area (Å²) in [7, 11) is 0. The minimum Gasteiger partial charge on any atom is -0.346 e. The van der Waals surface area contributed by atoms with Crippen LogP contribution in [0.15, 0.2) is 71.6 Å². The first kappa shape index (κ1) is 20.1. The number of aromatic nitrogens is 1. The molecule has 150 valence electrons. The number of amides is 1. The number of para-hydroxylation sites is 1. The summed E-state index contributed by atoms with van der Waals surface area (Å²) < 4.78 is 2.08. The van der Waals surface area contributed by atoms with E-state index in [1.807, 2.05) is 58.3 Å². The molecule has 0 atom stereocenters. The van der Waals surface area contributed by atoms with E-state index in [-0.39, 0.29) is 5.91 Å². The number of rotatable bonds is 8. The highest BCUT2D eigenvalue weighted by molar-refractivity contribution is 7.10. The number of hydrogen-bond acceptors (Lipinski definition) is 4. The van der Waals surface area contributed by atoms with Gasteiger partial charge in [-0.05, 0) is 35.0 Å². The van der Waals surface area contributed by atoms with Crippen molar-refractivity contribution in [3.05, 3.63) is 86.9 Å². The first-order chi connectivity index (χ1) is 14.7. The summed E-state index contributed by atoms with van der Waals surface area (Å²) in [5, 5.41) is 14.1. The van der Waals surface area contributed by atoms with Crippen molar-refractivity contribution in [3.8, 4) is 6.07 Å². The SMILES string of the molecule is N#CCCn1cc(/C=C/C(=O)N(Cc2cccs2)Cc2cccs2)c2ccccc21. The normalized spacial score (nSPS) is 11.2. The van der Waals surface area contributed by atoms with E-state index in [0.717, 1.165) is 16.5 Å². The van der Waals surface area contributed by atoms with Gasteiger partial charge < -0.3 is 9.47 Å². The van der Waals surface area contributed by atoms with Crippen molar-refractivity contribution < 1.29 is 4.79 Å². The van der Waals surface area contributed by atoms with E-state index >= 15 is 0 Å². The maximum absolute atomic E-state index is 13.1.